The Morgan fingerprint density at radius 1 is 0.643 bits per heavy atom. The number of ether oxygens (including phenoxy) is 2. The van der Waals surface area contributed by atoms with E-state index in [9.17, 15) is 9.59 Å². The maximum atomic E-state index is 12.1. The lowest BCUT2D eigenvalue weighted by Gasteiger charge is -2.05. The van der Waals surface area contributed by atoms with Crippen LogP contribution in [0.1, 0.15) is 11.1 Å². The van der Waals surface area contributed by atoms with Gasteiger partial charge in [0.1, 0.15) is 36.9 Å². The molecule has 0 aliphatic rings. The number of benzene rings is 2. The molecule has 4 N–H and O–H groups in total. The Morgan fingerprint density at radius 2 is 1.02 bits per heavy atom. The van der Waals surface area contributed by atoms with Crippen LogP contribution < -0.4 is 11.5 Å². The van der Waals surface area contributed by atoms with Gasteiger partial charge in [0.25, 0.3) is 0 Å². The fourth-order valence-corrected chi connectivity index (χ4v) is 4.05. The summed E-state index contributed by atoms with van der Waals surface area (Å²) in [5, 5.41) is 0.180. The monoisotopic (exact) mass is 606 g/mol. The van der Waals surface area contributed by atoms with Crippen LogP contribution in [0.15, 0.2) is 73.3 Å². The first-order valence-electron chi connectivity index (χ1n) is 12.0. The van der Waals surface area contributed by atoms with Crippen molar-refractivity contribution in [3.63, 3.8) is 0 Å². The summed E-state index contributed by atoms with van der Waals surface area (Å²) >= 11 is 11.8. The van der Waals surface area contributed by atoms with Gasteiger partial charge in [0, 0.05) is 0 Å². The van der Waals surface area contributed by atoms with Crippen LogP contribution in [0, 0.1) is 0 Å². The summed E-state index contributed by atoms with van der Waals surface area (Å²) in [5.74, 6) is -0.0739. The van der Waals surface area contributed by atoms with E-state index >= 15 is 0 Å². The highest BCUT2D eigenvalue weighted by Crippen LogP contribution is 2.21. The van der Waals surface area contributed by atoms with E-state index in [4.69, 9.17) is 44.1 Å². The van der Waals surface area contributed by atoms with E-state index in [1.165, 1.54) is 12.7 Å². The van der Waals surface area contributed by atoms with Crippen LogP contribution in [0.25, 0.3) is 22.3 Å². The average Bonchev–Trinajstić information content (AvgIpc) is 3.61. The summed E-state index contributed by atoms with van der Waals surface area (Å²) in [6.45, 7) is 0.293. The fourth-order valence-electron chi connectivity index (χ4n) is 3.61. The molecule has 0 unspecified atom stereocenters. The molecule has 4 aromatic heterocycles. The van der Waals surface area contributed by atoms with Crippen LogP contribution >= 0.6 is 23.2 Å². The lowest BCUT2D eigenvalue weighted by Crippen LogP contribution is -2.13. The predicted molar refractivity (Wildman–Crippen MR) is 154 cm³/mol. The average molecular weight is 607 g/mol. The van der Waals surface area contributed by atoms with Crippen molar-refractivity contribution in [2.24, 2.45) is 0 Å². The van der Waals surface area contributed by atoms with Crippen LogP contribution in [-0.2, 0) is 22.7 Å². The number of carbonyl (C=O) groups is 2. The SMILES string of the molecule is Nc1nc(Cl)c2ncn(C(=O)OCc3ccccc3)c2n1.Nc1nc(Cl)c2ncn(C(=O)OCc3ccccc3)c2n1. The predicted octanol–water partition coefficient (Wildman–Crippen LogP) is 4.49. The number of carbonyl (C=O) groups excluding carboxylic acids is 2. The largest absolute Gasteiger partial charge is 0.444 e. The van der Waals surface area contributed by atoms with Crippen molar-refractivity contribution in [1.29, 1.82) is 0 Å². The first-order valence-corrected chi connectivity index (χ1v) is 12.8. The molecule has 0 aliphatic heterocycles. The third-order valence-electron chi connectivity index (χ3n) is 5.55. The van der Waals surface area contributed by atoms with Crippen LogP contribution in [0.4, 0.5) is 21.5 Å². The maximum absolute atomic E-state index is 12.1. The van der Waals surface area contributed by atoms with E-state index in [1.54, 1.807) is 0 Å². The molecule has 0 atom stereocenters. The molecule has 0 aliphatic carbocycles. The highest BCUT2D eigenvalue weighted by atomic mass is 35.5. The zero-order valence-corrected chi connectivity index (χ0v) is 23.0. The summed E-state index contributed by atoms with van der Waals surface area (Å²) in [7, 11) is 0. The molecule has 0 fully saturated rings. The smallest absolute Gasteiger partial charge is 0.421 e. The van der Waals surface area contributed by atoms with Crippen LogP contribution in [0.2, 0.25) is 10.3 Å². The molecule has 0 bridgehead atoms. The number of aromatic nitrogens is 8. The van der Waals surface area contributed by atoms with Gasteiger partial charge in [0.05, 0.1) is 0 Å². The second kappa shape index (κ2) is 12.4. The number of nitrogen functional groups attached to an aromatic ring is 2. The minimum absolute atomic E-state index is 0.0369. The Morgan fingerprint density at radius 3 is 1.40 bits per heavy atom. The zero-order valence-electron chi connectivity index (χ0n) is 21.5. The zero-order chi connectivity index (χ0) is 29.6. The topological polar surface area (TPSA) is 192 Å². The van der Waals surface area contributed by atoms with Gasteiger partial charge < -0.3 is 20.9 Å². The molecule has 14 nitrogen and oxygen atoms in total. The summed E-state index contributed by atoms with van der Waals surface area (Å²) in [6.07, 6.45) is 1.32. The second-order valence-electron chi connectivity index (χ2n) is 8.40. The third kappa shape index (κ3) is 6.35. The molecule has 212 valence electrons. The second-order valence-corrected chi connectivity index (χ2v) is 9.12. The summed E-state index contributed by atoms with van der Waals surface area (Å²) in [5.41, 5.74) is 13.8. The number of fused-ring (bicyclic) bond motifs is 2. The molecule has 2 aromatic carbocycles. The molecule has 0 radical (unpaired) electrons. The third-order valence-corrected chi connectivity index (χ3v) is 6.07. The lowest BCUT2D eigenvalue weighted by molar-refractivity contribution is 0.141. The molecule has 0 spiro atoms. The highest BCUT2D eigenvalue weighted by molar-refractivity contribution is 6.34. The van der Waals surface area contributed by atoms with E-state index in [2.05, 4.69) is 29.9 Å². The van der Waals surface area contributed by atoms with Gasteiger partial charge in [0.15, 0.2) is 21.6 Å². The summed E-state index contributed by atoms with van der Waals surface area (Å²) in [4.78, 5) is 47.6. The van der Waals surface area contributed by atoms with Gasteiger partial charge >= 0.3 is 12.2 Å². The Labute approximate surface area is 246 Å². The minimum atomic E-state index is -0.615. The van der Waals surface area contributed by atoms with Crippen molar-refractivity contribution in [2.75, 3.05) is 11.5 Å². The van der Waals surface area contributed by atoms with Gasteiger partial charge in [0.2, 0.25) is 11.9 Å². The van der Waals surface area contributed by atoms with E-state index in [1.807, 2.05) is 60.7 Å². The normalized spacial score (nSPS) is 10.7. The number of anilines is 2. The molecular weight excluding hydrogens is 587 g/mol. The van der Waals surface area contributed by atoms with Crippen molar-refractivity contribution in [3.8, 4) is 0 Å². The van der Waals surface area contributed by atoms with Gasteiger partial charge in [-0.05, 0) is 11.1 Å². The molecule has 16 heteroatoms. The number of halogens is 2. The van der Waals surface area contributed by atoms with E-state index in [0.29, 0.717) is 11.0 Å². The number of hydrogen-bond donors (Lipinski definition) is 2. The number of nitrogens with zero attached hydrogens (tertiary/aromatic N) is 8. The number of hydrogen-bond acceptors (Lipinski definition) is 12. The molecule has 4 heterocycles. The minimum Gasteiger partial charge on any atom is -0.444 e. The van der Waals surface area contributed by atoms with Gasteiger partial charge in [-0.1, -0.05) is 83.9 Å². The summed E-state index contributed by atoms with van der Waals surface area (Å²) < 4.78 is 12.7. The molecule has 42 heavy (non-hydrogen) atoms. The Hall–Kier alpha value is -5.34. The molecule has 0 saturated carbocycles. The Balaban J connectivity index is 0.000000168. The molecular formula is C26H20Cl2N10O4. The highest BCUT2D eigenvalue weighted by Gasteiger charge is 2.17. The van der Waals surface area contributed by atoms with Crippen molar-refractivity contribution in [1.82, 2.24) is 39.0 Å². The Bertz CT molecular complexity index is 1740. The molecule has 6 aromatic rings. The van der Waals surface area contributed by atoms with Crippen molar-refractivity contribution in [2.45, 2.75) is 13.2 Å². The Kier molecular flexibility index (Phi) is 8.36. The fraction of sp³-hybridized carbons (Fsp3) is 0.0769. The van der Waals surface area contributed by atoms with Crippen molar-refractivity contribution < 1.29 is 19.1 Å². The lowest BCUT2D eigenvalue weighted by atomic mass is 10.2. The maximum Gasteiger partial charge on any atom is 0.421 e. The molecule has 0 saturated heterocycles. The van der Waals surface area contributed by atoms with Crippen LogP contribution in [-0.4, -0.2) is 51.2 Å². The van der Waals surface area contributed by atoms with Crippen LogP contribution in [0.3, 0.4) is 0 Å². The van der Waals surface area contributed by atoms with Gasteiger partial charge in [-0.2, -0.15) is 19.9 Å². The van der Waals surface area contributed by atoms with Gasteiger partial charge in [-0.25, -0.2) is 28.7 Å². The van der Waals surface area contributed by atoms with Crippen molar-refractivity contribution in [3.05, 3.63) is 94.8 Å². The first kappa shape index (κ1) is 28.2. The quantitative estimate of drug-likeness (QED) is 0.267. The van der Waals surface area contributed by atoms with E-state index in [-0.39, 0.29) is 46.7 Å². The molecule has 6 rings (SSSR count). The van der Waals surface area contributed by atoms with E-state index < -0.39 is 12.2 Å². The number of nitrogens with two attached hydrogens (primary N) is 2. The standard InChI is InChI=1S/2C13H10ClN5O2/c2*14-10-9-11(18-12(15)17-10)19(7-16-9)13(20)21-6-8-4-2-1-3-5-8/h2*1-5,7H,6H2,(H2,15,17,18). The molecule has 0 amide bonds. The van der Waals surface area contributed by atoms with E-state index in [0.717, 1.165) is 20.3 Å². The van der Waals surface area contributed by atoms with Crippen LogP contribution in [0.5, 0.6) is 0 Å². The number of rotatable bonds is 4. The van der Waals surface area contributed by atoms with Crippen molar-refractivity contribution >= 4 is 69.6 Å². The first-order chi connectivity index (χ1) is 20.3. The summed E-state index contributed by atoms with van der Waals surface area (Å²) in [6, 6.07) is 18.7. The number of imidazole rings is 2. The van der Waals surface area contributed by atoms with Gasteiger partial charge in [-0.3, -0.25) is 0 Å². The van der Waals surface area contributed by atoms with Gasteiger partial charge in [-0.15, -0.1) is 0 Å².